The van der Waals surface area contributed by atoms with Crippen molar-refractivity contribution in [3.05, 3.63) is 42.0 Å². The summed E-state index contributed by atoms with van der Waals surface area (Å²) in [6.45, 7) is 5.46. The molecule has 2 heterocycles. The number of likely N-dealkylation sites (tertiary alicyclic amines) is 1. The molecule has 168 valence electrons. The lowest BCUT2D eigenvalue weighted by atomic mass is 9.94. The molecular formula is C25H33NO5. The van der Waals surface area contributed by atoms with Crippen molar-refractivity contribution in [3.63, 3.8) is 0 Å². The molecule has 0 aliphatic carbocycles. The lowest BCUT2D eigenvalue weighted by Gasteiger charge is -2.31. The molecule has 0 spiro atoms. The van der Waals surface area contributed by atoms with Crippen molar-refractivity contribution in [2.45, 2.75) is 50.9 Å². The minimum atomic E-state index is -0.171. The average molecular weight is 428 g/mol. The molecule has 2 saturated heterocycles. The Balaban J connectivity index is 1.27. The Morgan fingerprint density at radius 1 is 1.19 bits per heavy atom. The van der Waals surface area contributed by atoms with Crippen molar-refractivity contribution in [1.29, 1.82) is 0 Å². The van der Waals surface area contributed by atoms with Crippen molar-refractivity contribution in [2.24, 2.45) is 0 Å². The molecule has 31 heavy (non-hydrogen) atoms. The van der Waals surface area contributed by atoms with Gasteiger partial charge in [0.2, 0.25) is 0 Å². The fraction of sp³-hybridized carbons (Fsp3) is 0.560. The monoisotopic (exact) mass is 427 g/mol. The molecule has 4 rings (SSSR count). The quantitative estimate of drug-likeness (QED) is 0.591. The fourth-order valence-electron chi connectivity index (χ4n) is 4.72. The zero-order valence-electron chi connectivity index (χ0n) is 18.5. The molecule has 0 radical (unpaired) electrons. The molecule has 0 aromatic heterocycles. The number of carbonyl (C=O) groups is 1. The van der Waals surface area contributed by atoms with E-state index in [9.17, 15) is 4.79 Å². The molecule has 1 atom stereocenters. The molecule has 0 N–H and O–H groups in total. The van der Waals surface area contributed by atoms with E-state index in [-0.39, 0.29) is 24.2 Å². The van der Waals surface area contributed by atoms with Crippen molar-refractivity contribution >= 4 is 16.7 Å². The van der Waals surface area contributed by atoms with E-state index in [4.69, 9.17) is 18.9 Å². The number of hydrogen-bond acceptors (Lipinski definition) is 6. The summed E-state index contributed by atoms with van der Waals surface area (Å²) in [6.07, 6.45) is 3.56. The van der Waals surface area contributed by atoms with Crippen LogP contribution in [0.3, 0.4) is 0 Å². The molecule has 0 bridgehead atoms. The van der Waals surface area contributed by atoms with Crippen LogP contribution in [-0.4, -0.2) is 63.2 Å². The maximum atomic E-state index is 12.1. The second-order valence-electron chi connectivity index (χ2n) is 8.32. The number of ether oxygens (including phenoxy) is 4. The van der Waals surface area contributed by atoms with Gasteiger partial charge in [0.15, 0.2) is 6.29 Å². The van der Waals surface area contributed by atoms with E-state index in [1.165, 1.54) is 16.3 Å². The Morgan fingerprint density at radius 2 is 2.03 bits per heavy atom. The van der Waals surface area contributed by atoms with Gasteiger partial charge in [-0.3, -0.25) is 9.69 Å². The van der Waals surface area contributed by atoms with Gasteiger partial charge in [-0.1, -0.05) is 24.3 Å². The first kappa shape index (κ1) is 22.1. The highest BCUT2D eigenvalue weighted by Gasteiger charge is 2.32. The molecule has 0 unspecified atom stereocenters. The maximum absolute atomic E-state index is 12.1. The first-order chi connectivity index (χ1) is 15.2. The van der Waals surface area contributed by atoms with Crippen LogP contribution in [-0.2, 0) is 19.0 Å². The summed E-state index contributed by atoms with van der Waals surface area (Å²) in [5, 5.41) is 2.39. The molecule has 2 aliphatic rings. The van der Waals surface area contributed by atoms with E-state index >= 15 is 0 Å². The van der Waals surface area contributed by atoms with Crippen LogP contribution in [0.1, 0.15) is 44.1 Å². The Hall–Kier alpha value is -2.15. The minimum absolute atomic E-state index is 0.0810. The summed E-state index contributed by atoms with van der Waals surface area (Å²) in [5.41, 5.74) is 1.26. The lowest BCUT2D eigenvalue weighted by Crippen LogP contribution is -2.38. The van der Waals surface area contributed by atoms with Gasteiger partial charge in [0.1, 0.15) is 11.8 Å². The first-order valence-electron chi connectivity index (χ1n) is 11.4. The summed E-state index contributed by atoms with van der Waals surface area (Å²) in [5.74, 6) is 1.00. The van der Waals surface area contributed by atoms with Gasteiger partial charge in [0.25, 0.3) is 0 Å². The molecule has 6 nitrogen and oxygen atoms in total. The molecule has 0 amide bonds. The topological polar surface area (TPSA) is 57.2 Å². The predicted octanol–water partition coefficient (Wildman–Crippen LogP) is 4.11. The summed E-state index contributed by atoms with van der Waals surface area (Å²) < 4.78 is 22.7. The second kappa shape index (κ2) is 10.4. The number of esters is 1. The predicted molar refractivity (Wildman–Crippen MR) is 119 cm³/mol. The van der Waals surface area contributed by atoms with Gasteiger partial charge in [-0.05, 0) is 74.2 Å². The molecule has 2 aliphatic heterocycles. The Kier molecular flexibility index (Phi) is 7.43. The van der Waals surface area contributed by atoms with E-state index in [1.54, 1.807) is 7.11 Å². The maximum Gasteiger partial charge on any atom is 0.323 e. The third-order valence-electron chi connectivity index (χ3n) is 6.34. The van der Waals surface area contributed by atoms with Crippen LogP contribution in [0.2, 0.25) is 0 Å². The summed E-state index contributed by atoms with van der Waals surface area (Å²) in [6, 6.07) is 12.5. The summed E-state index contributed by atoms with van der Waals surface area (Å²) >= 11 is 0. The van der Waals surface area contributed by atoms with Gasteiger partial charge < -0.3 is 18.9 Å². The van der Waals surface area contributed by atoms with Crippen molar-refractivity contribution in [2.75, 3.05) is 40.0 Å². The highest BCUT2D eigenvalue weighted by molar-refractivity contribution is 5.87. The van der Waals surface area contributed by atoms with Crippen LogP contribution in [0.4, 0.5) is 0 Å². The van der Waals surface area contributed by atoms with Gasteiger partial charge in [-0.25, -0.2) is 0 Å². The van der Waals surface area contributed by atoms with Gasteiger partial charge in [-0.15, -0.1) is 0 Å². The van der Waals surface area contributed by atoms with Crippen LogP contribution in [0.25, 0.3) is 10.8 Å². The van der Waals surface area contributed by atoms with E-state index in [1.807, 2.05) is 13.0 Å². The third kappa shape index (κ3) is 5.20. The number of nitrogens with zero attached hydrogens (tertiary/aromatic N) is 1. The molecule has 2 fully saturated rings. The Labute approximate surface area is 184 Å². The van der Waals surface area contributed by atoms with E-state index in [0.717, 1.165) is 44.5 Å². The van der Waals surface area contributed by atoms with Crippen LogP contribution in [0.15, 0.2) is 36.4 Å². The minimum Gasteiger partial charge on any atom is -0.497 e. The summed E-state index contributed by atoms with van der Waals surface area (Å²) in [4.78, 5) is 14.3. The normalized spacial score (nSPS) is 24.4. The Bertz CT molecular complexity index is 877. The fourth-order valence-corrected chi connectivity index (χ4v) is 4.72. The van der Waals surface area contributed by atoms with Crippen LogP contribution >= 0.6 is 0 Å². The Morgan fingerprint density at radius 3 is 2.81 bits per heavy atom. The molecular weight excluding hydrogens is 394 g/mol. The van der Waals surface area contributed by atoms with Gasteiger partial charge in [0.05, 0.1) is 26.9 Å². The highest BCUT2D eigenvalue weighted by atomic mass is 16.7. The van der Waals surface area contributed by atoms with Crippen molar-refractivity contribution in [3.8, 4) is 5.75 Å². The number of hydrogen-bond donors (Lipinski definition) is 0. The summed E-state index contributed by atoms with van der Waals surface area (Å²) in [7, 11) is 1.69. The zero-order chi connectivity index (χ0) is 21.6. The molecule has 2 aromatic carbocycles. The van der Waals surface area contributed by atoms with E-state index in [2.05, 4.69) is 35.2 Å². The smallest absolute Gasteiger partial charge is 0.323 e. The van der Waals surface area contributed by atoms with E-state index < -0.39 is 0 Å². The molecule has 2 aromatic rings. The standard InChI is InChI=1S/C25H33NO5/c1-3-29-25(27)23-9-5-13-26(23)14-6-10-24-30-16-19(17-31-24)21-8-4-7-18-15-20(28-2)11-12-22(18)21/h4,7-8,11-12,15,19,23-24H,3,5-6,9-10,13-14,16-17H2,1-2H3/t19?,23-,24?/m0/s1. The van der Waals surface area contributed by atoms with Gasteiger partial charge in [0, 0.05) is 5.92 Å². The van der Waals surface area contributed by atoms with Crippen LogP contribution in [0.5, 0.6) is 5.75 Å². The number of rotatable bonds is 8. The van der Waals surface area contributed by atoms with Crippen molar-refractivity contribution in [1.82, 2.24) is 4.90 Å². The zero-order valence-corrected chi connectivity index (χ0v) is 18.5. The van der Waals surface area contributed by atoms with E-state index in [0.29, 0.717) is 19.8 Å². The van der Waals surface area contributed by atoms with Gasteiger partial charge in [-0.2, -0.15) is 0 Å². The van der Waals surface area contributed by atoms with Crippen LogP contribution < -0.4 is 4.74 Å². The highest BCUT2D eigenvalue weighted by Crippen LogP contribution is 2.31. The lowest BCUT2D eigenvalue weighted by molar-refractivity contribution is -0.190. The van der Waals surface area contributed by atoms with Crippen molar-refractivity contribution < 1.29 is 23.7 Å². The first-order valence-corrected chi connectivity index (χ1v) is 11.4. The number of benzene rings is 2. The molecule has 6 heteroatoms. The number of carbonyl (C=O) groups excluding carboxylic acids is 1. The number of methoxy groups -OCH3 is 1. The third-order valence-corrected chi connectivity index (χ3v) is 6.34. The largest absolute Gasteiger partial charge is 0.497 e. The average Bonchev–Trinajstić information content (AvgIpc) is 3.27. The second-order valence-corrected chi connectivity index (χ2v) is 8.32. The van der Waals surface area contributed by atoms with Crippen LogP contribution in [0, 0.1) is 0 Å². The SMILES string of the molecule is CCOC(=O)[C@@H]1CCCN1CCCC1OCC(c2cccc3cc(OC)ccc23)CO1. The molecule has 0 saturated carbocycles. The number of fused-ring (bicyclic) bond motifs is 1. The van der Waals surface area contributed by atoms with Gasteiger partial charge >= 0.3 is 5.97 Å².